The van der Waals surface area contributed by atoms with Crippen molar-refractivity contribution in [3.63, 3.8) is 0 Å². The van der Waals surface area contributed by atoms with Crippen LogP contribution in [0.1, 0.15) is 49.3 Å². The van der Waals surface area contributed by atoms with Gasteiger partial charge in [-0.2, -0.15) is 18.2 Å². The largest absolute Gasteiger partial charge is 0.504 e. The van der Waals surface area contributed by atoms with Crippen molar-refractivity contribution in [3.05, 3.63) is 93.1 Å². The number of ether oxygens (including phenoxy) is 1. The minimum absolute atomic E-state index is 0.00394. The number of imide groups is 2. The summed E-state index contributed by atoms with van der Waals surface area (Å²) < 4.78 is 46.0. The Morgan fingerprint density at radius 1 is 1.00 bits per heavy atom. The molecule has 2 aliphatic carbocycles. The summed E-state index contributed by atoms with van der Waals surface area (Å²) in [6, 6.07) is 11.7. The lowest BCUT2D eigenvalue weighted by atomic mass is 9.49. The molecule has 2 N–H and O–H groups in total. The topological polar surface area (TPSA) is 129 Å². The van der Waals surface area contributed by atoms with Crippen LogP contribution in [0.15, 0.2) is 66.4 Å². The number of pyridine rings is 1. The lowest BCUT2D eigenvalue weighted by molar-refractivity contribution is -0.141. The maximum absolute atomic E-state index is 15.2. The quantitative estimate of drug-likeness (QED) is 0.207. The van der Waals surface area contributed by atoms with Gasteiger partial charge >= 0.3 is 6.18 Å². The van der Waals surface area contributed by atoms with E-state index in [1.807, 2.05) is 6.08 Å². The molecule has 3 fully saturated rings. The van der Waals surface area contributed by atoms with Crippen LogP contribution in [-0.4, -0.2) is 56.8 Å². The standard InChI is InChI=1S/C36H31Cl2F3N4O6/c1-3-44-31(47)22-11-10-21-23(28(22)33(44)49)15-24-32(48)45(43-30-25(38)14-19(16-42-30)36(39,40)41)34(50)35(24,18-6-8-20(37)9-7-18)29(21)17-5-12-26(46)27(13-17)51-4-2/h5-10,12-14,16,22-24,28-29,46H,3-4,11,15H2,1-2H3,(H,42,43)/t22-,23+,24-,28-,29-,35+/m0/s1. The van der Waals surface area contributed by atoms with Crippen LogP contribution in [0.25, 0.3) is 0 Å². The molecular formula is C36H31Cl2F3N4O6. The first-order valence-electron chi connectivity index (χ1n) is 16.4. The fourth-order valence-electron chi connectivity index (χ4n) is 8.52. The van der Waals surface area contributed by atoms with Gasteiger partial charge in [0, 0.05) is 23.7 Å². The highest BCUT2D eigenvalue weighted by molar-refractivity contribution is 6.33. The monoisotopic (exact) mass is 742 g/mol. The molecule has 51 heavy (non-hydrogen) atoms. The van der Waals surface area contributed by atoms with Gasteiger partial charge in [0.25, 0.3) is 11.8 Å². The smallest absolute Gasteiger partial charge is 0.417 e. The van der Waals surface area contributed by atoms with Crippen LogP contribution in [0.4, 0.5) is 19.0 Å². The number of nitrogens with zero attached hydrogens (tertiary/aromatic N) is 3. The van der Waals surface area contributed by atoms with Crippen LogP contribution < -0.4 is 10.2 Å². The number of allylic oxidation sites excluding steroid dienone is 2. The minimum Gasteiger partial charge on any atom is -0.504 e. The summed E-state index contributed by atoms with van der Waals surface area (Å²) >= 11 is 12.5. The molecule has 0 unspecified atom stereocenters. The second kappa shape index (κ2) is 12.6. The van der Waals surface area contributed by atoms with Crippen LogP contribution >= 0.6 is 23.2 Å². The third-order valence-corrected chi connectivity index (χ3v) is 11.1. The predicted octanol–water partition coefficient (Wildman–Crippen LogP) is 6.52. The van der Waals surface area contributed by atoms with Crippen LogP contribution in [0, 0.1) is 23.7 Å². The summed E-state index contributed by atoms with van der Waals surface area (Å²) in [4.78, 5) is 62.2. The van der Waals surface area contributed by atoms with E-state index in [0.717, 1.165) is 5.01 Å². The molecule has 0 bridgehead atoms. The van der Waals surface area contributed by atoms with Crippen molar-refractivity contribution >= 4 is 52.6 Å². The first-order valence-corrected chi connectivity index (χ1v) is 17.1. The van der Waals surface area contributed by atoms with Gasteiger partial charge in [0.15, 0.2) is 17.3 Å². The molecule has 2 aliphatic heterocycles. The zero-order chi connectivity index (χ0) is 36.6. The fraction of sp³-hybridized carbons (Fsp3) is 0.361. The number of benzene rings is 2. The van der Waals surface area contributed by atoms with E-state index in [1.165, 1.54) is 11.0 Å². The zero-order valence-electron chi connectivity index (χ0n) is 27.2. The number of aromatic nitrogens is 1. The number of hydrazine groups is 1. The molecule has 15 heteroatoms. The van der Waals surface area contributed by atoms with E-state index in [4.69, 9.17) is 27.9 Å². The SMILES string of the molecule is CCOc1cc([C@H]2C3=CC[C@@H]4C(=O)N(CC)C(=O)[C@@H]4[C@@H]3C[C@H]3C(=O)N(Nc4ncc(C(F)(F)F)cc4Cl)C(=O)[C@@]23c2ccc(Cl)cc2)ccc1O. The number of anilines is 1. The molecular weight excluding hydrogens is 712 g/mol. The average Bonchev–Trinajstić information content (AvgIpc) is 3.47. The third-order valence-electron chi connectivity index (χ3n) is 10.6. The molecule has 266 valence electrons. The van der Waals surface area contributed by atoms with Crippen molar-refractivity contribution < 1.29 is 42.2 Å². The van der Waals surface area contributed by atoms with E-state index in [2.05, 4.69) is 10.4 Å². The van der Waals surface area contributed by atoms with Crippen molar-refractivity contribution in [1.82, 2.24) is 14.9 Å². The highest BCUT2D eigenvalue weighted by Crippen LogP contribution is 2.64. The molecule has 10 nitrogen and oxygen atoms in total. The van der Waals surface area contributed by atoms with E-state index in [9.17, 15) is 32.7 Å². The van der Waals surface area contributed by atoms with Crippen molar-refractivity contribution in [2.45, 2.75) is 44.2 Å². The number of rotatable bonds is 7. The number of hydrogen-bond donors (Lipinski definition) is 2. The lowest BCUT2D eigenvalue weighted by Gasteiger charge is -2.50. The molecule has 2 saturated heterocycles. The van der Waals surface area contributed by atoms with Gasteiger partial charge in [0.2, 0.25) is 11.8 Å². The van der Waals surface area contributed by atoms with Gasteiger partial charge in [0.1, 0.15) is 0 Å². The van der Waals surface area contributed by atoms with Gasteiger partial charge < -0.3 is 9.84 Å². The molecule has 3 heterocycles. The average molecular weight is 744 g/mol. The first-order chi connectivity index (χ1) is 24.2. The number of carbonyl (C=O) groups excluding carboxylic acids is 4. The Bertz CT molecular complexity index is 2010. The molecule has 4 aliphatic rings. The van der Waals surface area contributed by atoms with Crippen LogP contribution in [0.5, 0.6) is 11.5 Å². The number of alkyl halides is 3. The minimum atomic E-state index is -4.74. The van der Waals surface area contributed by atoms with Crippen molar-refractivity contribution in [3.8, 4) is 11.5 Å². The van der Waals surface area contributed by atoms with Gasteiger partial charge in [-0.25, -0.2) is 4.98 Å². The number of likely N-dealkylation sites (tertiary alicyclic amines) is 1. The van der Waals surface area contributed by atoms with E-state index in [0.29, 0.717) is 34.0 Å². The molecule has 2 aromatic carbocycles. The number of aromatic hydroxyl groups is 1. The molecule has 0 radical (unpaired) electrons. The number of phenolic OH excluding ortho intramolecular Hbond substituents is 1. The molecule has 1 saturated carbocycles. The normalized spacial score (nSPS) is 27.3. The first kappa shape index (κ1) is 34.8. The molecule has 3 aromatic rings. The second-order valence-corrected chi connectivity index (χ2v) is 13.8. The maximum atomic E-state index is 15.2. The van der Waals surface area contributed by atoms with Gasteiger partial charge in [-0.15, -0.1) is 0 Å². The van der Waals surface area contributed by atoms with Gasteiger partial charge in [0.05, 0.1) is 40.4 Å². The van der Waals surface area contributed by atoms with Gasteiger partial charge in [-0.3, -0.25) is 29.5 Å². The fourth-order valence-corrected chi connectivity index (χ4v) is 8.85. The summed E-state index contributed by atoms with van der Waals surface area (Å²) in [5, 5.41) is 11.3. The zero-order valence-corrected chi connectivity index (χ0v) is 28.7. The van der Waals surface area contributed by atoms with Gasteiger partial charge in [-0.05, 0) is 74.1 Å². The van der Waals surface area contributed by atoms with Crippen molar-refractivity contribution in [1.29, 1.82) is 0 Å². The van der Waals surface area contributed by atoms with E-state index < -0.39 is 63.6 Å². The van der Waals surface area contributed by atoms with Gasteiger partial charge in [-0.1, -0.05) is 53.1 Å². The highest BCUT2D eigenvalue weighted by Gasteiger charge is 2.70. The van der Waals surface area contributed by atoms with Crippen molar-refractivity contribution in [2.24, 2.45) is 23.7 Å². The predicted molar refractivity (Wildman–Crippen MR) is 179 cm³/mol. The highest BCUT2D eigenvalue weighted by atomic mass is 35.5. The Morgan fingerprint density at radius 3 is 2.37 bits per heavy atom. The molecule has 0 spiro atoms. The summed E-state index contributed by atoms with van der Waals surface area (Å²) in [6.07, 6.45) is -2.10. The summed E-state index contributed by atoms with van der Waals surface area (Å²) in [5.74, 6) is -6.68. The second-order valence-electron chi connectivity index (χ2n) is 13.0. The Morgan fingerprint density at radius 2 is 1.73 bits per heavy atom. The van der Waals surface area contributed by atoms with E-state index in [1.54, 1.807) is 50.2 Å². The molecule has 1 aromatic heterocycles. The number of amides is 4. The maximum Gasteiger partial charge on any atom is 0.417 e. The number of carbonyl (C=O) groups is 4. The summed E-state index contributed by atoms with van der Waals surface area (Å²) in [6.45, 7) is 3.84. The summed E-state index contributed by atoms with van der Waals surface area (Å²) in [5.41, 5.74) is 1.34. The molecule has 6 atom stereocenters. The Hall–Kier alpha value is -4.62. The van der Waals surface area contributed by atoms with Crippen LogP contribution in [-0.2, 0) is 30.8 Å². The van der Waals surface area contributed by atoms with E-state index in [-0.39, 0.29) is 55.1 Å². The lowest BCUT2D eigenvalue weighted by Crippen LogP contribution is -2.53. The number of fused-ring (bicyclic) bond motifs is 4. The third kappa shape index (κ3) is 5.26. The Labute approximate surface area is 300 Å². The summed E-state index contributed by atoms with van der Waals surface area (Å²) in [7, 11) is 0. The van der Waals surface area contributed by atoms with Crippen LogP contribution in [0.2, 0.25) is 10.0 Å². The van der Waals surface area contributed by atoms with E-state index >= 15 is 4.79 Å². The molecule has 4 amide bonds. The van der Waals surface area contributed by atoms with Crippen LogP contribution in [0.3, 0.4) is 0 Å². The molecule has 7 rings (SSSR count). The number of halogens is 5. The number of phenols is 1. The number of nitrogens with one attached hydrogen (secondary N) is 1. The number of hydrogen-bond acceptors (Lipinski definition) is 8. The Balaban J connectivity index is 1.45. The Kier molecular flexibility index (Phi) is 8.57. The van der Waals surface area contributed by atoms with Crippen molar-refractivity contribution in [2.75, 3.05) is 18.6 Å².